The second-order valence-corrected chi connectivity index (χ2v) is 3.98. The summed E-state index contributed by atoms with van der Waals surface area (Å²) < 4.78 is 42.9. The highest BCUT2D eigenvalue weighted by Gasteiger charge is 2.33. The van der Waals surface area contributed by atoms with Crippen LogP contribution in [0.5, 0.6) is 5.75 Å². The van der Waals surface area contributed by atoms with Gasteiger partial charge in [-0.2, -0.15) is 13.2 Å². The van der Waals surface area contributed by atoms with E-state index in [1.807, 2.05) is 0 Å². The molecule has 0 saturated heterocycles. The maximum Gasteiger partial charge on any atom is 0.433 e. The van der Waals surface area contributed by atoms with E-state index in [4.69, 9.17) is 16.3 Å². The third-order valence-electron chi connectivity index (χ3n) is 2.35. The van der Waals surface area contributed by atoms with Crippen LogP contribution in [0.25, 0.3) is 11.3 Å². The van der Waals surface area contributed by atoms with Crippen molar-refractivity contribution >= 4 is 11.6 Å². The Morgan fingerprint density at radius 1 is 1.16 bits per heavy atom. The lowest BCUT2D eigenvalue weighted by Gasteiger charge is -2.09. The molecule has 0 aliphatic carbocycles. The van der Waals surface area contributed by atoms with E-state index < -0.39 is 17.2 Å². The van der Waals surface area contributed by atoms with E-state index in [0.717, 1.165) is 6.07 Å². The summed E-state index contributed by atoms with van der Waals surface area (Å²) in [6, 6.07) is 7.36. The highest BCUT2D eigenvalue weighted by Crippen LogP contribution is 2.31. The Balaban J connectivity index is 2.53. The second-order valence-electron chi connectivity index (χ2n) is 3.64. The summed E-state index contributed by atoms with van der Waals surface area (Å²) in [4.78, 5) is 6.96. The number of aromatic nitrogens is 2. The molecule has 3 nitrogen and oxygen atoms in total. The summed E-state index contributed by atoms with van der Waals surface area (Å²) in [6.45, 7) is 0. The highest BCUT2D eigenvalue weighted by atomic mass is 35.5. The molecular weight excluding hydrogens is 281 g/mol. The molecule has 0 fully saturated rings. The van der Waals surface area contributed by atoms with Crippen molar-refractivity contribution in [3.8, 4) is 17.0 Å². The van der Waals surface area contributed by atoms with Crippen LogP contribution < -0.4 is 4.74 Å². The van der Waals surface area contributed by atoms with Crippen LogP contribution in [0.15, 0.2) is 30.3 Å². The molecule has 19 heavy (non-hydrogen) atoms. The maximum absolute atomic E-state index is 12.6. The standard InChI is InChI=1S/C12H8ClF3N2O/c1-19-8-4-2-3-7(5-8)9-6-10(12(14,15)16)18-11(13)17-9/h2-6H,1H3. The lowest BCUT2D eigenvalue weighted by molar-refractivity contribution is -0.141. The Hall–Kier alpha value is -1.82. The van der Waals surface area contributed by atoms with E-state index in [9.17, 15) is 13.2 Å². The molecule has 0 spiro atoms. The molecule has 0 aliphatic rings. The molecule has 0 radical (unpaired) electrons. The number of alkyl halides is 3. The van der Waals surface area contributed by atoms with Crippen molar-refractivity contribution in [1.82, 2.24) is 9.97 Å². The number of hydrogen-bond donors (Lipinski definition) is 0. The predicted molar refractivity (Wildman–Crippen MR) is 64.0 cm³/mol. The van der Waals surface area contributed by atoms with Gasteiger partial charge in [0, 0.05) is 5.56 Å². The van der Waals surface area contributed by atoms with Gasteiger partial charge in [-0.1, -0.05) is 12.1 Å². The summed E-state index contributed by atoms with van der Waals surface area (Å²) in [7, 11) is 1.47. The smallest absolute Gasteiger partial charge is 0.433 e. The normalized spacial score (nSPS) is 11.4. The first-order valence-corrected chi connectivity index (χ1v) is 5.54. The Morgan fingerprint density at radius 2 is 1.89 bits per heavy atom. The SMILES string of the molecule is COc1cccc(-c2cc(C(F)(F)F)nc(Cl)n2)c1. The third kappa shape index (κ3) is 3.14. The Labute approximate surface area is 112 Å². The molecule has 0 N–H and O–H groups in total. The summed E-state index contributed by atoms with van der Waals surface area (Å²) in [5, 5.41) is -0.451. The predicted octanol–water partition coefficient (Wildman–Crippen LogP) is 3.82. The average molecular weight is 289 g/mol. The van der Waals surface area contributed by atoms with E-state index in [2.05, 4.69) is 9.97 Å². The minimum absolute atomic E-state index is 0.0891. The van der Waals surface area contributed by atoms with Crippen LogP contribution in [0.4, 0.5) is 13.2 Å². The van der Waals surface area contributed by atoms with Crippen molar-refractivity contribution in [3.05, 3.63) is 41.3 Å². The van der Waals surface area contributed by atoms with Gasteiger partial charge in [0.2, 0.25) is 5.28 Å². The molecule has 2 rings (SSSR count). The van der Waals surface area contributed by atoms with Gasteiger partial charge in [0.05, 0.1) is 12.8 Å². The summed E-state index contributed by atoms with van der Waals surface area (Å²) in [5.41, 5.74) is -0.523. The first kappa shape index (κ1) is 13.6. The van der Waals surface area contributed by atoms with Gasteiger partial charge in [-0.15, -0.1) is 0 Å². The summed E-state index contributed by atoms with van der Waals surface area (Å²) in [6.07, 6.45) is -4.57. The molecule has 0 atom stereocenters. The Morgan fingerprint density at radius 3 is 2.53 bits per heavy atom. The quantitative estimate of drug-likeness (QED) is 0.788. The van der Waals surface area contributed by atoms with Gasteiger partial charge in [-0.25, -0.2) is 9.97 Å². The van der Waals surface area contributed by atoms with E-state index in [0.29, 0.717) is 11.3 Å². The van der Waals surface area contributed by atoms with Gasteiger partial charge in [-0.3, -0.25) is 0 Å². The highest BCUT2D eigenvalue weighted by molar-refractivity contribution is 6.28. The van der Waals surface area contributed by atoms with Crippen LogP contribution in [0, 0.1) is 0 Å². The molecule has 2 aromatic rings. The van der Waals surface area contributed by atoms with Crippen LogP contribution in [-0.4, -0.2) is 17.1 Å². The van der Waals surface area contributed by atoms with E-state index in [1.54, 1.807) is 24.3 Å². The Bertz CT molecular complexity index is 602. The van der Waals surface area contributed by atoms with Gasteiger partial charge in [0.15, 0.2) is 0 Å². The topological polar surface area (TPSA) is 35.0 Å². The summed E-state index contributed by atoms with van der Waals surface area (Å²) in [5.74, 6) is 0.515. The molecule has 1 aromatic heterocycles. The maximum atomic E-state index is 12.6. The second kappa shape index (κ2) is 5.05. The number of ether oxygens (including phenoxy) is 1. The number of methoxy groups -OCH3 is 1. The average Bonchev–Trinajstić information content (AvgIpc) is 2.37. The minimum atomic E-state index is -4.57. The van der Waals surface area contributed by atoms with Gasteiger partial charge < -0.3 is 4.74 Å². The molecule has 0 amide bonds. The fourth-order valence-corrected chi connectivity index (χ4v) is 1.68. The zero-order chi connectivity index (χ0) is 14.0. The van der Waals surface area contributed by atoms with Crippen LogP contribution in [-0.2, 0) is 6.18 Å². The van der Waals surface area contributed by atoms with Gasteiger partial charge in [0.25, 0.3) is 0 Å². The van der Waals surface area contributed by atoms with Crippen molar-refractivity contribution in [1.29, 1.82) is 0 Å². The Kier molecular flexibility index (Phi) is 3.61. The first-order chi connectivity index (χ1) is 8.90. The zero-order valence-corrected chi connectivity index (χ0v) is 10.5. The summed E-state index contributed by atoms with van der Waals surface area (Å²) >= 11 is 5.53. The van der Waals surface area contributed by atoms with Crippen LogP contribution in [0.2, 0.25) is 5.28 Å². The molecule has 100 valence electrons. The van der Waals surface area contributed by atoms with Gasteiger partial charge in [-0.05, 0) is 29.8 Å². The van der Waals surface area contributed by atoms with Crippen molar-refractivity contribution in [2.45, 2.75) is 6.18 Å². The molecule has 1 aromatic carbocycles. The molecule has 7 heteroatoms. The monoisotopic (exact) mass is 288 g/mol. The fraction of sp³-hybridized carbons (Fsp3) is 0.167. The van der Waals surface area contributed by atoms with E-state index in [1.165, 1.54) is 7.11 Å². The lowest BCUT2D eigenvalue weighted by Crippen LogP contribution is -2.09. The van der Waals surface area contributed by atoms with Gasteiger partial charge in [0.1, 0.15) is 11.4 Å². The zero-order valence-electron chi connectivity index (χ0n) is 9.70. The molecule has 0 saturated carbocycles. The van der Waals surface area contributed by atoms with E-state index in [-0.39, 0.29) is 5.69 Å². The van der Waals surface area contributed by atoms with Crippen molar-refractivity contribution < 1.29 is 17.9 Å². The molecule has 1 heterocycles. The van der Waals surface area contributed by atoms with Crippen LogP contribution >= 0.6 is 11.6 Å². The fourth-order valence-electron chi connectivity index (χ4n) is 1.49. The third-order valence-corrected chi connectivity index (χ3v) is 2.52. The van der Waals surface area contributed by atoms with E-state index >= 15 is 0 Å². The number of rotatable bonds is 2. The van der Waals surface area contributed by atoms with Crippen molar-refractivity contribution in [3.63, 3.8) is 0 Å². The van der Waals surface area contributed by atoms with Crippen LogP contribution in [0.3, 0.4) is 0 Å². The number of hydrogen-bond acceptors (Lipinski definition) is 3. The van der Waals surface area contributed by atoms with Crippen molar-refractivity contribution in [2.75, 3.05) is 7.11 Å². The molecular formula is C12H8ClF3N2O. The molecule has 0 bridgehead atoms. The van der Waals surface area contributed by atoms with Gasteiger partial charge >= 0.3 is 6.18 Å². The molecule has 0 unspecified atom stereocenters. The van der Waals surface area contributed by atoms with Crippen molar-refractivity contribution in [2.24, 2.45) is 0 Å². The largest absolute Gasteiger partial charge is 0.497 e. The first-order valence-electron chi connectivity index (χ1n) is 5.16. The minimum Gasteiger partial charge on any atom is -0.497 e. The number of halogens is 4. The molecule has 0 aliphatic heterocycles. The lowest BCUT2D eigenvalue weighted by atomic mass is 10.1. The number of benzene rings is 1. The number of nitrogens with zero attached hydrogens (tertiary/aromatic N) is 2. The van der Waals surface area contributed by atoms with Crippen LogP contribution in [0.1, 0.15) is 5.69 Å².